The van der Waals surface area contributed by atoms with Crippen molar-refractivity contribution in [3.8, 4) is 0 Å². The average Bonchev–Trinajstić information content (AvgIpc) is 2.40. The number of esters is 1. The third-order valence-electron chi connectivity index (χ3n) is 4.42. The SMILES string of the molecule is CC1CCC(OC(=O)CCC2CCCNC2)CC1. The van der Waals surface area contributed by atoms with Crippen molar-refractivity contribution in [3.05, 3.63) is 0 Å². The molecule has 3 heteroatoms. The highest BCUT2D eigenvalue weighted by Crippen LogP contribution is 2.26. The number of carbonyl (C=O) groups excluding carboxylic acids is 1. The van der Waals surface area contributed by atoms with Gasteiger partial charge in [0.25, 0.3) is 0 Å². The van der Waals surface area contributed by atoms with E-state index >= 15 is 0 Å². The van der Waals surface area contributed by atoms with Crippen molar-refractivity contribution in [2.24, 2.45) is 11.8 Å². The Balaban J connectivity index is 1.59. The summed E-state index contributed by atoms with van der Waals surface area (Å²) in [5.74, 6) is 1.52. The molecule has 1 heterocycles. The van der Waals surface area contributed by atoms with Crippen LogP contribution in [0.4, 0.5) is 0 Å². The van der Waals surface area contributed by atoms with Gasteiger partial charge in [0.15, 0.2) is 0 Å². The van der Waals surface area contributed by atoms with E-state index in [-0.39, 0.29) is 12.1 Å². The van der Waals surface area contributed by atoms with Gasteiger partial charge >= 0.3 is 5.97 Å². The molecule has 1 aliphatic carbocycles. The van der Waals surface area contributed by atoms with Crippen molar-refractivity contribution in [2.45, 2.75) is 64.4 Å². The molecule has 1 atom stereocenters. The molecular formula is C15H27NO2. The quantitative estimate of drug-likeness (QED) is 0.783. The minimum absolute atomic E-state index is 0.0279. The highest BCUT2D eigenvalue weighted by atomic mass is 16.5. The Morgan fingerprint density at radius 1 is 1.22 bits per heavy atom. The summed E-state index contributed by atoms with van der Waals surface area (Å²) in [5.41, 5.74) is 0. The minimum Gasteiger partial charge on any atom is -0.462 e. The fraction of sp³-hybridized carbons (Fsp3) is 0.933. The lowest BCUT2D eigenvalue weighted by Crippen LogP contribution is -2.30. The summed E-state index contributed by atoms with van der Waals surface area (Å²) in [5, 5.41) is 3.39. The topological polar surface area (TPSA) is 38.3 Å². The fourth-order valence-corrected chi connectivity index (χ4v) is 3.08. The summed E-state index contributed by atoms with van der Waals surface area (Å²) in [7, 11) is 0. The molecule has 104 valence electrons. The third kappa shape index (κ3) is 4.60. The number of nitrogens with one attached hydrogen (secondary N) is 1. The number of piperidine rings is 1. The molecule has 18 heavy (non-hydrogen) atoms. The van der Waals surface area contributed by atoms with E-state index in [2.05, 4.69) is 12.2 Å². The lowest BCUT2D eigenvalue weighted by atomic mass is 9.89. The van der Waals surface area contributed by atoms with Gasteiger partial charge in [-0.25, -0.2) is 0 Å². The average molecular weight is 253 g/mol. The first kappa shape index (κ1) is 13.9. The van der Waals surface area contributed by atoms with Gasteiger partial charge in [-0.05, 0) is 69.9 Å². The number of carbonyl (C=O) groups is 1. The maximum Gasteiger partial charge on any atom is 0.306 e. The molecule has 1 unspecified atom stereocenters. The first-order chi connectivity index (χ1) is 8.74. The van der Waals surface area contributed by atoms with Crippen LogP contribution in [0.5, 0.6) is 0 Å². The summed E-state index contributed by atoms with van der Waals surface area (Å²) < 4.78 is 5.57. The van der Waals surface area contributed by atoms with Gasteiger partial charge in [0.1, 0.15) is 6.10 Å². The first-order valence-corrected chi connectivity index (χ1v) is 7.64. The second kappa shape index (κ2) is 7.13. The molecule has 2 fully saturated rings. The Labute approximate surface area is 111 Å². The molecule has 2 rings (SSSR count). The van der Waals surface area contributed by atoms with E-state index in [1.807, 2.05) is 0 Å². The van der Waals surface area contributed by atoms with E-state index in [1.54, 1.807) is 0 Å². The molecule has 0 amide bonds. The fourth-order valence-electron chi connectivity index (χ4n) is 3.08. The van der Waals surface area contributed by atoms with Crippen LogP contribution in [0.15, 0.2) is 0 Å². The molecule has 3 nitrogen and oxygen atoms in total. The van der Waals surface area contributed by atoms with Crippen LogP contribution in [0.3, 0.4) is 0 Å². The first-order valence-electron chi connectivity index (χ1n) is 7.64. The lowest BCUT2D eigenvalue weighted by molar-refractivity contribution is -0.151. The maximum absolute atomic E-state index is 11.8. The largest absolute Gasteiger partial charge is 0.462 e. The molecule has 1 saturated heterocycles. The Morgan fingerprint density at radius 3 is 2.67 bits per heavy atom. The smallest absolute Gasteiger partial charge is 0.306 e. The number of rotatable bonds is 4. The zero-order valence-electron chi connectivity index (χ0n) is 11.6. The molecule has 1 aliphatic heterocycles. The van der Waals surface area contributed by atoms with Crippen molar-refractivity contribution in [1.29, 1.82) is 0 Å². The summed E-state index contributed by atoms with van der Waals surface area (Å²) in [6.07, 6.45) is 8.89. The highest BCUT2D eigenvalue weighted by molar-refractivity contribution is 5.69. The van der Waals surface area contributed by atoms with E-state index < -0.39 is 0 Å². The zero-order valence-corrected chi connectivity index (χ0v) is 11.6. The van der Waals surface area contributed by atoms with Crippen molar-refractivity contribution in [1.82, 2.24) is 5.32 Å². The second-order valence-corrected chi connectivity index (χ2v) is 6.12. The molecule has 0 bridgehead atoms. The summed E-state index contributed by atoms with van der Waals surface area (Å²) >= 11 is 0. The van der Waals surface area contributed by atoms with Crippen molar-refractivity contribution in [2.75, 3.05) is 13.1 Å². The van der Waals surface area contributed by atoms with E-state index in [0.717, 1.165) is 38.3 Å². The van der Waals surface area contributed by atoms with Crippen LogP contribution in [0.25, 0.3) is 0 Å². The zero-order chi connectivity index (χ0) is 12.8. The van der Waals surface area contributed by atoms with Crippen LogP contribution in [-0.2, 0) is 9.53 Å². The predicted octanol–water partition coefficient (Wildman–Crippen LogP) is 2.89. The molecule has 0 aromatic rings. The van der Waals surface area contributed by atoms with Gasteiger partial charge in [-0.3, -0.25) is 4.79 Å². The number of hydrogen-bond acceptors (Lipinski definition) is 3. The summed E-state index contributed by atoms with van der Waals surface area (Å²) in [4.78, 5) is 11.8. The van der Waals surface area contributed by atoms with Gasteiger partial charge in [-0.2, -0.15) is 0 Å². The van der Waals surface area contributed by atoms with Crippen molar-refractivity contribution in [3.63, 3.8) is 0 Å². The third-order valence-corrected chi connectivity index (χ3v) is 4.42. The summed E-state index contributed by atoms with van der Waals surface area (Å²) in [6, 6.07) is 0. The minimum atomic E-state index is 0.0279. The molecular weight excluding hydrogens is 226 g/mol. The Kier molecular flexibility index (Phi) is 5.48. The van der Waals surface area contributed by atoms with E-state index in [4.69, 9.17) is 4.74 Å². The van der Waals surface area contributed by atoms with Crippen LogP contribution < -0.4 is 5.32 Å². The van der Waals surface area contributed by atoms with E-state index in [9.17, 15) is 4.79 Å². The van der Waals surface area contributed by atoms with Crippen LogP contribution in [-0.4, -0.2) is 25.2 Å². The normalized spacial score (nSPS) is 33.1. The van der Waals surface area contributed by atoms with Crippen LogP contribution in [0, 0.1) is 11.8 Å². The lowest BCUT2D eigenvalue weighted by Gasteiger charge is -2.26. The Hall–Kier alpha value is -0.570. The molecule has 1 N–H and O–H groups in total. The maximum atomic E-state index is 11.8. The molecule has 1 saturated carbocycles. The molecule has 2 aliphatic rings. The number of hydrogen-bond donors (Lipinski definition) is 1. The predicted molar refractivity (Wildman–Crippen MR) is 72.3 cm³/mol. The van der Waals surface area contributed by atoms with Crippen LogP contribution >= 0.6 is 0 Å². The van der Waals surface area contributed by atoms with Crippen molar-refractivity contribution >= 4 is 5.97 Å². The highest BCUT2D eigenvalue weighted by Gasteiger charge is 2.22. The van der Waals surface area contributed by atoms with Crippen LogP contribution in [0.2, 0.25) is 0 Å². The van der Waals surface area contributed by atoms with E-state index in [0.29, 0.717) is 12.3 Å². The van der Waals surface area contributed by atoms with Gasteiger partial charge in [0.05, 0.1) is 0 Å². The van der Waals surface area contributed by atoms with E-state index in [1.165, 1.54) is 25.7 Å². The van der Waals surface area contributed by atoms with Gasteiger partial charge in [0, 0.05) is 6.42 Å². The standard InChI is InChI=1S/C15H27NO2/c1-12-4-7-14(8-5-12)18-15(17)9-6-13-3-2-10-16-11-13/h12-14,16H,2-11H2,1H3. The molecule has 0 radical (unpaired) electrons. The van der Waals surface area contributed by atoms with Gasteiger partial charge in [-0.15, -0.1) is 0 Å². The molecule has 0 aromatic heterocycles. The molecule has 0 aromatic carbocycles. The summed E-state index contributed by atoms with van der Waals surface area (Å²) in [6.45, 7) is 4.50. The van der Waals surface area contributed by atoms with Gasteiger partial charge in [0.2, 0.25) is 0 Å². The number of ether oxygens (including phenoxy) is 1. The second-order valence-electron chi connectivity index (χ2n) is 6.12. The van der Waals surface area contributed by atoms with Crippen LogP contribution in [0.1, 0.15) is 58.3 Å². The van der Waals surface area contributed by atoms with Crippen molar-refractivity contribution < 1.29 is 9.53 Å². The van der Waals surface area contributed by atoms with Gasteiger partial charge < -0.3 is 10.1 Å². The van der Waals surface area contributed by atoms with Gasteiger partial charge in [-0.1, -0.05) is 6.92 Å². The molecule has 0 spiro atoms. The Bertz CT molecular complexity index is 253. The Morgan fingerprint density at radius 2 is 2.00 bits per heavy atom. The monoisotopic (exact) mass is 253 g/mol.